The van der Waals surface area contributed by atoms with Crippen molar-refractivity contribution >= 4 is 11.3 Å². The molecule has 0 amide bonds. The van der Waals surface area contributed by atoms with Crippen LogP contribution in [0.5, 0.6) is 0 Å². The Morgan fingerprint density at radius 1 is 1.50 bits per heavy atom. The summed E-state index contributed by atoms with van der Waals surface area (Å²) in [6.07, 6.45) is 0.388. The highest BCUT2D eigenvalue weighted by atomic mass is 32.1. The highest BCUT2D eigenvalue weighted by molar-refractivity contribution is 7.11. The molecule has 2 unspecified atom stereocenters. The van der Waals surface area contributed by atoms with E-state index in [0.29, 0.717) is 10.8 Å². The molecule has 0 radical (unpaired) electrons. The van der Waals surface area contributed by atoms with Crippen LogP contribution in [-0.4, -0.2) is 11.5 Å². The fraction of sp³-hybridized carbons (Fsp3) is 0.786. The van der Waals surface area contributed by atoms with Gasteiger partial charge in [0.25, 0.3) is 0 Å². The second kappa shape index (κ2) is 5.64. The van der Waals surface area contributed by atoms with Crippen LogP contribution in [0, 0.1) is 11.3 Å². The van der Waals surface area contributed by atoms with E-state index in [-0.39, 0.29) is 11.5 Å². The minimum absolute atomic E-state index is 0.0221. The van der Waals surface area contributed by atoms with Crippen LogP contribution in [0.4, 0.5) is 13.2 Å². The number of aromatic nitrogens is 1. The van der Waals surface area contributed by atoms with Gasteiger partial charge in [0.15, 0.2) is 5.01 Å². The van der Waals surface area contributed by atoms with Crippen LogP contribution >= 0.6 is 11.3 Å². The first-order valence-corrected chi connectivity index (χ1v) is 7.83. The molecule has 1 fully saturated rings. The van der Waals surface area contributed by atoms with Gasteiger partial charge in [0.2, 0.25) is 0 Å². The molecule has 1 aliphatic rings. The van der Waals surface area contributed by atoms with Crippen LogP contribution in [-0.2, 0) is 6.18 Å². The van der Waals surface area contributed by atoms with Gasteiger partial charge in [-0.1, -0.05) is 27.2 Å². The van der Waals surface area contributed by atoms with Crippen molar-refractivity contribution in [3.05, 3.63) is 16.1 Å². The van der Waals surface area contributed by atoms with E-state index < -0.39 is 11.2 Å². The molecule has 2 rings (SSSR count). The van der Waals surface area contributed by atoms with Crippen molar-refractivity contribution in [2.24, 2.45) is 11.3 Å². The van der Waals surface area contributed by atoms with Gasteiger partial charge >= 0.3 is 6.18 Å². The van der Waals surface area contributed by atoms with E-state index in [0.717, 1.165) is 37.1 Å². The first-order chi connectivity index (χ1) is 9.25. The van der Waals surface area contributed by atoms with Crippen molar-refractivity contribution in [1.29, 1.82) is 0 Å². The lowest BCUT2D eigenvalue weighted by Crippen LogP contribution is -2.33. The summed E-state index contributed by atoms with van der Waals surface area (Å²) in [4.78, 5) is 4.27. The van der Waals surface area contributed by atoms with Gasteiger partial charge in [0.1, 0.15) is 0 Å². The van der Waals surface area contributed by atoms with Crippen molar-refractivity contribution < 1.29 is 13.2 Å². The van der Waals surface area contributed by atoms with Crippen LogP contribution in [0.2, 0.25) is 0 Å². The van der Waals surface area contributed by atoms with Crippen LogP contribution in [0.25, 0.3) is 0 Å². The Morgan fingerprint density at radius 3 is 2.65 bits per heavy atom. The molecule has 0 aromatic carbocycles. The summed E-state index contributed by atoms with van der Waals surface area (Å²) in [6.45, 7) is 7.15. The molecule has 20 heavy (non-hydrogen) atoms. The molecule has 6 heteroatoms. The van der Waals surface area contributed by atoms with Gasteiger partial charge in [-0.15, -0.1) is 11.3 Å². The molecule has 0 spiro atoms. The molecule has 0 bridgehead atoms. The van der Waals surface area contributed by atoms with Crippen molar-refractivity contribution in [3.8, 4) is 0 Å². The predicted molar refractivity (Wildman–Crippen MR) is 74.7 cm³/mol. The monoisotopic (exact) mass is 306 g/mol. The Morgan fingerprint density at radius 2 is 2.20 bits per heavy atom. The maximum absolute atomic E-state index is 12.7. The lowest BCUT2D eigenvalue weighted by atomic mass is 9.77. The number of halogens is 3. The number of hydrogen-bond donors (Lipinski definition) is 1. The SMILES string of the molecule is CCNC(c1cnc(C(F)(F)F)s1)C1CCCC1(C)C. The number of thiazole rings is 1. The average Bonchev–Trinajstić information content (AvgIpc) is 2.92. The van der Waals surface area contributed by atoms with Gasteiger partial charge in [-0.05, 0) is 30.7 Å². The van der Waals surface area contributed by atoms with Crippen LogP contribution in [0.3, 0.4) is 0 Å². The molecular weight excluding hydrogens is 285 g/mol. The van der Waals surface area contributed by atoms with E-state index in [9.17, 15) is 13.2 Å². The summed E-state index contributed by atoms with van der Waals surface area (Å²) in [7, 11) is 0. The van der Waals surface area contributed by atoms with E-state index >= 15 is 0 Å². The van der Waals surface area contributed by atoms with Gasteiger partial charge in [-0.25, -0.2) is 4.98 Å². The van der Waals surface area contributed by atoms with E-state index in [1.807, 2.05) is 6.92 Å². The number of nitrogens with one attached hydrogen (secondary N) is 1. The van der Waals surface area contributed by atoms with Gasteiger partial charge in [0, 0.05) is 17.1 Å². The fourth-order valence-electron chi connectivity index (χ4n) is 3.19. The Labute approximate surface area is 121 Å². The zero-order valence-corrected chi connectivity index (χ0v) is 12.9. The fourth-order valence-corrected chi connectivity index (χ4v) is 4.12. The zero-order chi connectivity index (χ0) is 15.0. The first kappa shape index (κ1) is 15.8. The summed E-state index contributed by atoms with van der Waals surface area (Å²) in [5, 5.41) is 2.62. The summed E-state index contributed by atoms with van der Waals surface area (Å²) in [5.41, 5.74) is 0.162. The zero-order valence-electron chi connectivity index (χ0n) is 12.0. The Hall–Kier alpha value is -0.620. The van der Waals surface area contributed by atoms with Gasteiger partial charge < -0.3 is 5.32 Å². The first-order valence-electron chi connectivity index (χ1n) is 7.02. The molecule has 1 heterocycles. The van der Waals surface area contributed by atoms with Crippen molar-refractivity contribution in [3.63, 3.8) is 0 Å². The third kappa shape index (κ3) is 3.17. The molecule has 1 saturated carbocycles. The Kier molecular flexibility index (Phi) is 4.44. The van der Waals surface area contributed by atoms with Gasteiger partial charge in [-0.3, -0.25) is 0 Å². The third-order valence-corrected chi connectivity index (χ3v) is 5.36. The van der Waals surface area contributed by atoms with E-state index in [4.69, 9.17) is 0 Å². The molecule has 1 N–H and O–H groups in total. The van der Waals surface area contributed by atoms with E-state index in [1.165, 1.54) is 6.20 Å². The average molecular weight is 306 g/mol. The smallest absolute Gasteiger partial charge is 0.309 e. The third-order valence-electron chi connectivity index (χ3n) is 4.24. The number of hydrogen-bond acceptors (Lipinski definition) is 3. The lowest BCUT2D eigenvalue weighted by molar-refractivity contribution is -0.137. The highest BCUT2D eigenvalue weighted by Crippen LogP contribution is 2.50. The maximum Gasteiger partial charge on any atom is 0.443 e. The largest absolute Gasteiger partial charge is 0.443 e. The van der Waals surface area contributed by atoms with E-state index in [1.54, 1.807) is 0 Å². The minimum atomic E-state index is -4.34. The normalized spacial score (nSPS) is 24.0. The number of rotatable bonds is 4. The molecule has 0 aliphatic heterocycles. The molecule has 0 saturated heterocycles. The quantitative estimate of drug-likeness (QED) is 0.876. The molecule has 1 aliphatic carbocycles. The van der Waals surface area contributed by atoms with Crippen LogP contribution in [0.15, 0.2) is 6.20 Å². The van der Waals surface area contributed by atoms with Gasteiger partial charge in [0.05, 0.1) is 0 Å². The van der Waals surface area contributed by atoms with Crippen LogP contribution in [0.1, 0.15) is 56.0 Å². The maximum atomic E-state index is 12.7. The standard InChI is InChI=1S/C14H21F3N2S/c1-4-18-11(9-6-5-7-13(9,2)3)10-8-19-12(20-10)14(15,16)17/h8-9,11,18H,4-7H2,1-3H3. The second-order valence-corrected chi connectivity index (χ2v) is 7.15. The van der Waals surface area contributed by atoms with Crippen molar-refractivity contribution in [1.82, 2.24) is 10.3 Å². The minimum Gasteiger partial charge on any atom is -0.309 e. The molecule has 1 aromatic rings. The summed E-state index contributed by atoms with van der Waals surface area (Å²) < 4.78 is 38.1. The molecule has 2 nitrogen and oxygen atoms in total. The van der Waals surface area contributed by atoms with Gasteiger partial charge in [-0.2, -0.15) is 13.2 Å². The van der Waals surface area contributed by atoms with E-state index in [2.05, 4.69) is 24.1 Å². The predicted octanol–water partition coefficient (Wildman–Crippen LogP) is 4.64. The topological polar surface area (TPSA) is 24.9 Å². The number of alkyl halides is 3. The number of nitrogens with zero attached hydrogens (tertiary/aromatic N) is 1. The molecular formula is C14H21F3N2S. The van der Waals surface area contributed by atoms with Crippen molar-refractivity contribution in [2.45, 2.75) is 52.3 Å². The Bertz CT molecular complexity index is 454. The summed E-state index contributed by atoms with van der Waals surface area (Å²) >= 11 is 0.777. The summed E-state index contributed by atoms with van der Waals surface area (Å²) in [5.74, 6) is 0.365. The molecule has 2 atom stereocenters. The summed E-state index contributed by atoms with van der Waals surface area (Å²) in [6, 6.07) is -0.0221. The molecule has 114 valence electrons. The van der Waals surface area contributed by atoms with Crippen molar-refractivity contribution in [2.75, 3.05) is 6.54 Å². The Balaban J connectivity index is 2.27. The van der Waals surface area contributed by atoms with Crippen LogP contribution < -0.4 is 5.32 Å². The molecule has 1 aromatic heterocycles. The lowest BCUT2D eigenvalue weighted by Gasteiger charge is -2.34. The highest BCUT2D eigenvalue weighted by Gasteiger charge is 2.42. The second-order valence-electron chi connectivity index (χ2n) is 6.09.